The molecule has 1 aliphatic carbocycles. The Kier molecular flexibility index (Phi) is 2.89. The van der Waals surface area contributed by atoms with Crippen molar-refractivity contribution in [2.24, 2.45) is 11.7 Å². The lowest BCUT2D eigenvalue weighted by Crippen LogP contribution is -2.43. The van der Waals surface area contributed by atoms with E-state index in [4.69, 9.17) is 5.73 Å². The maximum atomic E-state index is 6.20. The summed E-state index contributed by atoms with van der Waals surface area (Å²) < 4.78 is 0. The second-order valence-corrected chi connectivity index (χ2v) is 5.59. The molecule has 3 nitrogen and oxygen atoms in total. The van der Waals surface area contributed by atoms with Crippen LogP contribution in [0.25, 0.3) is 0 Å². The summed E-state index contributed by atoms with van der Waals surface area (Å²) in [5, 5.41) is 0. The molecule has 0 aromatic carbocycles. The Labute approximate surface area is 103 Å². The molecule has 17 heavy (non-hydrogen) atoms. The summed E-state index contributed by atoms with van der Waals surface area (Å²) >= 11 is 0. The zero-order valence-electron chi connectivity index (χ0n) is 10.4. The Morgan fingerprint density at radius 1 is 1.41 bits per heavy atom. The Morgan fingerprint density at radius 2 is 2.29 bits per heavy atom. The van der Waals surface area contributed by atoms with Crippen LogP contribution in [0, 0.1) is 5.92 Å². The minimum atomic E-state index is 0.143. The molecule has 3 rings (SSSR count). The highest BCUT2D eigenvalue weighted by molar-refractivity contribution is 5.13. The van der Waals surface area contributed by atoms with Crippen LogP contribution in [-0.4, -0.2) is 28.5 Å². The van der Waals surface area contributed by atoms with Gasteiger partial charge in [0.25, 0.3) is 0 Å². The van der Waals surface area contributed by atoms with Crippen molar-refractivity contribution in [1.29, 1.82) is 0 Å². The third-order valence-corrected chi connectivity index (χ3v) is 4.30. The van der Waals surface area contributed by atoms with Crippen molar-refractivity contribution in [3.8, 4) is 0 Å². The summed E-state index contributed by atoms with van der Waals surface area (Å²) in [5.41, 5.74) is 7.33. The Balaban J connectivity index is 1.86. The molecule has 0 spiro atoms. The van der Waals surface area contributed by atoms with Gasteiger partial charge in [-0.2, -0.15) is 0 Å². The van der Waals surface area contributed by atoms with Gasteiger partial charge in [-0.25, -0.2) is 0 Å². The average Bonchev–Trinajstić information content (AvgIpc) is 2.92. The molecule has 4 atom stereocenters. The minimum Gasteiger partial charge on any atom is -0.326 e. The number of rotatable bonds is 3. The molecule has 2 bridgehead atoms. The zero-order chi connectivity index (χ0) is 11.8. The van der Waals surface area contributed by atoms with E-state index in [0.29, 0.717) is 6.04 Å². The molecular formula is C14H21N3. The van der Waals surface area contributed by atoms with E-state index < -0.39 is 0 Å². The SMILES string of the molecule is CC(N)C(c1ccccn1)N1CC2CCC1C2. The lowest BCUT2D eigenvalue weighted by atomic mass is 10.0. The van der Waals surface area contributed by atoms with Gasteiger partial charge in [-0.1, -0.05) is 6.07 Å². The fourth-order valence-electron chi connectivity index (χ4n) is 3.60. The largest absolute Gasteiger partial charge is 0.326 e. The number of aromatic nitrogens is 1. The van der Waals surface area contributed by atoms with E-state index in [0.717, 1.165) is 17.7 Å². The van der Waals surface area contributed by atoms with Crippen LogP contribution in [0.4, 0.5) is 0 Å². The summed E-state index contributed by atoms with van der Waals surface area (Å²) in [6.07, 6.45) is 6.00. The number of pyridine rings is 1. The molecule has 4 unspecified atom stereocenters. The lowest BCUT2D eigenvalue weighted by molar-refractivity contribution is 0.130. The van der Waals surface area contributed by atoms with Gasteiger partial charge in [0, 0.05) is 24.8 Å². The number of piperidine rings is 1. The van der Waals surface area contributed by atoms with Crippen LogP contribution in [-0.2, 0) is 0 Å². The van der Waals surface area contributed by atoms with Crippen LogP contribution in [0.15, 0.2) is 24.4 Å². The molecule has 1 saturated heterocycles. The molecule has 0 amide bonds. The van der Waals surface area contributed by atoms with Crippen LogP contribution < -0.4 is 5.73 Å². The van der Waals surface area contributed by atoms with Crippen LogP contribution in [0.1, 0.15) is 37.9 Å². The summed E-state index contributed by atoms with van der Waals surface area (Å²) in [6.45, 7) is 3.32. The highest BCUT2D eigenvalue weighted by Gasteiger charge is 2.42. The van der Waals surface area contributed by atoms with Crippen molar-refractivity contribution >= 4 is 0 Å². The Bertz CT molecular complexity index is 376. The first kappa shape index (κ1) is 11.2. The summed E-state index contributed by atoms with van der Waals surface area (Å²) in [6, 6.07) is 7.33. The quantitative estimate of drug-likeness (QED) is 0.864. The molecule has 92 valence electrons. The van der Waals surface area contributed by atoms with Crippen molar-refractivity contribution in [2.75, 3.05) is 6.54 Å². The standard InChI is InChI=1S/C14H21N3/c1-10(15)14(13-4-2-3-7-16-13)17-9-11-5-6-12(17)8-11/h2-4,7,10-12,14H,5-6,8-9,15H2,1H3. The van der Waals surface area contributed by atoms with Crippen molar-refractivity contribution in [3.63, 3.8) is 0 Å². The van der Waals surface area contributed by atoms with E-state index in [2.05, 4.69) is 28.9 Å². The summed E-state index contributed by atoms with van der Waals surface area (Å²) in [7, 11) is 0. The predicted molar refractivity (Wildman–Crippen MR) is 68.5 cm³/mol. The van der Waals surface area contributed by atoms with Gasteiger partial charge in [0.15, 0.2) is 0 Å². The molecule has 0 radical (unpaired) electrons. The fraction of sp³-hybridized carbons (Fsp3) is 0.643. The first-order valence-corrected chi connectivity index (χ1v) is 6.68. The van der Waals surface area contributed by atoms with Gasteiger partial charge in [-0.3, -0.25) is 9.88 Å². The van der Waals surface area contributed by atoms with Gasteiger partial charge < -0.3 is 5.73 Å². The number of fused-ring (bicyclic) bond motifs is 2. The minimum absolute atomic E-state index is 0.143. The number of hydrogen-bond donors (Lipinski definition) is 1. The fourth-order valence-corrected chi connectivity index (χ4v) is 3.60. The van der Waals surface area contributed by atoms with Gasteiger partial charge in [0.2, 0.25) is 0 Å². The Morgan fingerprint density at radius 3 is 2.82 bits per heavy atom. The topological polar surface area (TPSA) is 42.1 Å². The maximum absolute atomic E-state index is 6.20. The van der Waals surface area contributed by atoms with Gasteiger partial charge in [0.1, 0.15) is 0 Å². The van der Waals surface area contributed by atoms with Gasteiger partial charge >= 0.3 is 0 Å². The second kappa shape index (κ2) is 4.39. The molecule has 1 aromatic heterocycles. The molecular weight excluding hydrogens is 210 g/mol. The number of likely N-dealkylation sites (tertiary alicyclic amines) is 1. The normalized spacial score (nSPS) is 31.6. The number of nitrogens with zero attached hydrogens (tertiary/aromatic N) is 2. The number of hydrogen-bond acceptors (Lipinski definition) is 3. The molecule has 1 saturated carbocycles. The molecule has 1 aromatic rings. The molecule has 2 N–H and O–H groups in total. The predicted octanol–water partition coefficient (Wildman–Crippen LogP) is 1.95. The molecule has 1 aliphatic heterocycles. The lowest BCUT2D eigenvalue weighted by Gasteiger charge is -2.36. The monoisotopic (exact) mass is 231 g/mol. The number of nitrogens with two attached hydrogens (primary N) is 1. The average molecular weight is 231 g/mol. The second-order valence-electron chi connectivity index (χ2n) is 5.59. The Hall–Kier alpha value is -0.930. The first-order valence-electron chi connectivity index (χ1n) is 6.68. The van der Waals surface area contributed by atoms with E-state index in [9.17, 15) is 0 Å². The maximum Gasteiger partial charge on any atom is 0.0673 e. The van der Waals surface area contributed by atoms with Gasteiger partial charge in [0.05, 0.1) is 11.7 Å². The zero-order valence-corrected chi connectivity index (χ0v) is 10.4. The molecule has 2 fully saturated rings. The summed E-state index contributed by atoms with van der Waals surface area (Å²) in [4.78, 5) is 7.11. The molecule has 2 heterocycles. The molecule has 2 aliphatic rings. The van der Waals surface area contributed by atoms with Crippen LogP contribution >= 0.6 is 0 Å². The van der Waals surface area contributed by atoms with Gasteiger partial charge in [-0.15, -0.1) is 0 Å². The van der Waals surface area contributed by atoms with Crippen molar-refractivity contribution in [1.82, 2.24) is 9.88 Å². The van der Waals surface area contributed by atoms with Crippen LogP contribution in [0.3, 0.4) is 0 Å². The van der Waals surface area contributed by atoms with Crippen LogP contribution in [0.5, 0.6) is 0 Å². The van der Waals surface area contributed by atoms with Crippen LogP contribution in [0.2, 0.25) is 0 Å². The third kappa shape index (κ3) is 1.98. The third-order valence-electron chi connectivity index (χ3n) is 4.30. The van der Waals surface area contributed by atoms with E-state index in [1.807, 2.05) is 12.3 Å². The van der Waals surface area contributed by atoms with Crippen molar-refractivity contribution < 1.29 is 0 Å². The van der Waals surface area contributed by atoms with Crippen molar-refractivity contribution in [3.05, 3.63) is 30.1 Å². The van der Waals surface area contributed by atoms with E-state index in [-0.39, 0.29) is 6.04 Å². The smallest absolute Gasteiger partial charge is 0.0673 e. The molecule has 3 heteroatoms. The highest BCUT2D eigenvalue weighted by Crippen LogP contribution is 2.42. The van der Waals surface area contributed by atoms with Crippen molar-refractivity contribution in [2.45, 2.75) is 44.3 Å². The van der Waals surface area contributed by atoms with E-state index in [1.165, 1.54) is 25.8 Å². The van der Waals surface area contributed by atoms with Gasteiger partial charge in [-0.05, 0) is 44.2 Å². The highest BCUT2D eigenvalue weighted by atomic mass is 15.2. The summed E-state index contributed by atoms with van der Waals surface area (Å²) in [5.74, 6) is 0.907. The first-order chi connectivity index (χ1) is 8.25. The van der Waals surface area contributed by atoms with E-state index in [1.54, 1.807) is 0 Å². The van der Waals surface area contributed by atoms with E-state index >= 15 is 0 Å².